The number of fused-ring (bicyclic) bond motifs is 4. The van der Waals surface area contributed by atoms with Crippen LogP contribution in [0.1, 0.15) is 81.7 Å². The smallest absolute Gasteiger partial charge is 0.0415 e. The van der Waals surface area contributed by atoms with E-state index >= 15 is 0 Å². The summed E-state index contributed by atoms with van der Waals surface area (Å²) in [4.78, 5) is 0. The summed E-state index contributed by atoms with van der Waals surface area (Å²) in [7, 11) is 0. The Hall–Kier alpha value is -4.16. The van der Waals surface area contributed by atoms with Crippen molar-refractivity contribution in [3.8, 4) is 11.1 Å². The SMILES string of the molecule is Cc1ccc2c(c1)C(C(c1ccccc1)(c1ccccc1)C1C=Cc3c(C(C)C)cccc31)c1cc(C)ccc1-2. The van der Waals surface area contributed by atoms with Gasteiger partial charge in [-0.1, -0.05) is 152 Å². The van der Waals surface area contributed by atoms with Crippen LogP contribution < -0.4 is 0 Å². The van der Waals surface area contributed by atoms with Gasteiger partial charge in [0.25, 0.3) is 0 Å². The fourth-order valence-electron chi connectivity index (χ4n) is 7.72. The van der Waals surface area contributed by atoms with E-state index in [4.69, 9.17) is 0 Å². The van der Waals surface area contributed by atoms with E-state index in [0.717, 1.165) is 0 Å². The summed E-state index contributed by atoms with van der Waals surface area (Å²) in [6.07, 6.45) is 4.93. The third-order valence-corrected chi connectivity index (χ3v) is 9.36. The third-order valence-electron chi connectivity index (χ3n) is 9.36. The number of aryl methyl sites for hydroxylation is 2. The van der Waals surface area contributed by atoms with Crippen molar-refractivity contribution in [1.82, 2.24) is 0 Å². The molecule has 40 heavy (non-hydrogen) atoms. The zero-order valence-corrected chi connectivity index (χ0v) is 23.9. The summed E-state index contributed by atoms with van der Waals surface area (Å²) in [6.45, 7) is 9.09. The zero-order valence-electron chi connectivity index (χ0n) is 23.9. The summed E-state index contributed by atoms with van der Waals surface area (Å²) in [5, 5.41) is 0. The van der Waals surface area contributed by atoms with Crippen molar-refractivity contribution in [2.45, 2.75) is 50.9 Å². The molecule has 0 saturated carbocycles. The van der Waals surface area contributed by atoms with E-state index in [1.165, 1.54) is 61.2 Å². The second-order valence-electron chi connectivity index (χ2n) is 12.1. The van der Waals surface area contributed by atoms with Crippen LogP contribution in [-0.2, 0) is 5.41 Å². The minimum absolute atomic E-state index is 0.158. The Labute approximate surface area is 239 Å². The average molecular weight is 517 g/mol. The van der Waals surface area contributed by atoms with E-state index in [0.29, 0.717) is 5.92 Å². The molecule has 0 nitrogen and oxygen atoms in total. The summed E-state index contributed by atoms with van der Waals surface area (Å²) < 4.78 is 0. The van der Waals surface area contributed by atoms with Gasteiger partial charge in [0.1, 0.15) is 0 Å². The van der Waals surface area contributed by atoms with Crippen LogP contribution in [0.5, 0.6) is 0 Å². The molecule has 7 rings (SSSR count). The van der Waals surface area contributed by atoms with Crippen molar-refractivity contribution in [2.75, 3.05) is 0 Å². The molecule has 0 heteroatoms. The lowest BCUT2D eigenvalue weighted by Crippen LogP contribution is -2.40. The first-order valence-electron chi connectivity index (χ1n) is 14.6. The Morgan fingerprint density at radius 1 is 0.575 bits per heavy atom. The summed E-state index contributed by atoms with van der Waals surface area (Å²) in [5.41, 5.74) is 14.9. The molecule has 0 fully saturated rings. The van der Waals surface area contributed by atoms with E-state index in [-0.39, 0.29) is 17.3 Å². The van der Waals surface area contributed by atoms with Gasteiger partial charge in [0.05, 0.1) is 0 Å². The molecule has 0 bridgehead atoms. The summed E-state index contributed by atoms with van der Waals surface area (Å²) in [6, 6.07) is 43.8. The lowest BCUT2D eigenvalue weighted by atomic mass is 9.55. The first kappa shape index (κ1) is 24.9. The standard InChI is InChI=1S/C40H36/c1-26(2)31-16-11-17-35-32(31)22-23-38(35)40(29-12-7-5-8-13-29,30-14-9-6-10-15-30)39-36-24-27(3)18-20-33(36)34-21-19-28(4)25-37(34)39/h5-26,38-39H,1-4H3. The Morgan fingerprint density at radius 3 is 1.65 bits per heavy atom. The molecule has 0 saturated heterocycles. The number of benzene rings is 5. The highest BCUT2D eigenvalue weighted by Gasteiger charge is 2.53. The fraction of sp³-hybridized carbons (Fsp3) is 0.200. The van der Waals surface area contributed by atoms with Gasteiger partial charge in [-0.15, -0.1) is 0 Å². The molecular formula is C40H36. The molecular weight excluding hydrogens is 480 g/mol. The number of allylic oxidation sites excluding steroid dienone is 1. The second-order valence-corrected chi connectivity index (χ2v) is 12.1. The minimum atomic E-state index is -0.346. The Kier molecular flexibility index (Phi) is 5.90. The Morgan fingerprint density at radius 2 is 1.12 bits per heavy atom. The average Bonchev–Trinajstić information content (AvgIpc) is 3.54. The van der Waals surface area contributed by atoms with Crippen LogP contribution >= 0.6 is 0 Å². The van der Waals surface area contributed by atoms with E-state index in [2.05, 4.69) is 155 Å². The maximum atomic E-state index is 2.51. The van der Waals surface area contributed by atoms with Gasteiger partial charge in [0.15, 0.2) is 0 Å². The molecule has 0 spiro atoms. The highest BCUT2D eigenvalue weighted by atomic mass is 14.5. The Bertz CT molecular complexity index is 1650. The molecule has 196 valence electrons. The van der Waals surface area contributed by atoms with Crippen molar-refractivity contribution in [3.05, 3.63) is 171 Å². The molecule has 2 aliphatic rings. The van der Waals surface area contributed by atoms with Gasteiger partial charge in [0, 0.05) is 17.3 Å². The van der Waals surface area contributed by atoms with E-state index in [9.17, 15) is 0 Å². The minimum Gasteiger partial charge on any atom is -0.0751 e. The summed E-state index contributed by atoms with van der Waals surface area (Å²) in [5.74, 6) is 0.806. The molecule has 1 unspecified atom stereocenters. The molecule has 1 atom stereocenters. The van der Waals surface area contributed by atoms with Gasteiger partial charge in [-0.3, -0.25) is 0 Å². The number of hydrogen-bond donors (Lipinski definition) is 0. The molecule has 5 aromatic carbocycles. The predicted octanol–water partition coefficient (Wildman–Crippen LogP) is 10.3. The second kappa shape index (κ2) is 9.49. The van der Waals surface area contributed by atoms with Gasteiger partial charge in [-0.2, -0.15) is 0 Å². The van der Waals surface area contributed by atoms with Crippen LogP contribution in [0.15, 0.2) is 121 Å². The molecule has 0 amide bonds. The highest BCUT2D eigenvalue weighted by molar-refractivity contribution is 5.82. The van der Waals surface area contributed by atoms with Gasteiger partial charge in [-0.25, -0.2) is 0 Å². The fourth-order valence-corrected chi connectivity index (χ4v) is 7.72. The van der Waals surface area contributed by atoms with Crippen molar-refractivity contribution < 1.29 is 0 Å². The summed E-state index contributed by atoms with van der Waals surface area (Å²) >= 11 is 0. The number of hydrogen-bond acceptors (Lipinski definition) is 0. The first-order valence-corrected chi connectivity index (χ1v) is 14.6. The van der Waals surface area contributed by atoms with Crippen LogP contribution in [-0.4, -0.2) is 0 Å². The van der Waals surface area contributed by atoms with Crippen LogP contribution in [0.25, 0.3) is 17.2 Å². The van der Waals surface area contributed by atoms with Crippen molar-refractivity contribution in [2.24, 2.45) is 0 Å². The predicted molar refractivity (Wildman–Crippen MR) is 169 cm³/mol. The quantitative estimate of drug-likeness (QED) is 0.218. The topological polar surface area (TPSA) is 0 Å². The third kappa shape index (κ3) is 3.59. The highest BCUT2D eigenvalue weighted by Crippen LogP contribution is 2.63. The van der Waals surface area contributed by atoms with Crippen LogP contribution in [0.3, 0.4) is 0 Å². The molecule has 0 radical (unpaired) electrons. The molecule has 5 aromatic rings. The largest absolute Gasteiger partial charge is 0.0751 e. The van der Waals surface area contributed by atoms with Gasteiger partial charge in [-0.05, 0) is 69.8 Å². The van der Waals surface area contributed by atoms with Gasteiger partial charge >= 0.3 is 0 Å². The van der Waals surface area contributed by atoms with Gasteiger partial charge in [0.2, 0.25) is 0 Å². The maximum Gasteiger partial charge on any atom is 0.0415 e. The Balaban J connectivity index is 1.64. The molecule has 0 aliphatic heterocycles. The first-order chi connectivity index (χ1) is 19.5. The van der Waals surface area contributed by atoms with Crippen LogP contribution in [0.4, 0.5) is 0 Å². The van der Waals surface area contributed by atoms with E-state index in [1.54, 1.807) is 0 Å². The maximum absolute atomic E-state index is 2.51. The molecule has 0 N–H and O–H groups in total. The van der Waals surface area contributed by atoms with Crippen molar-refractivity contribution in [3.63, 3.8) is 0 Å². The molecule has 2 aliphatic carbocycles. The number of rotatable bonds is 5. The molecule has 0 aromatic heterocycles. The van der Waals surface area contributed by atoms with Crippen LogP contribution in [0.2, 0.25) is 0 Å². The normalized spacial score (nSPS) is 15.8. The van der Waals surface area contributed by atoms with Crippen molar-refractivity contribution in [1.29, 1.82) is 0 Å². The lowest BCUT2D eigenvalue weighted by molar-refractivity contribution is 0.416. The zero-order chi connectivity index (χ0) is 27.4. The lowest BCUT2D eigenvalue weighted by Gasteiger charge is -2.46. The van der Waals surface area contributed by atoms with E-state index in [1.807, 2.05) is 0 Å². The monoisotopic (exact) mass is 516 g/mol. The van der Waals surface area contributed by atoms with Gasteiger partial charge < -0.3 is 0 Å². The van der Waals surface area contributed by atoms with E-state index < -0.39 is 0 Å². The van der Waals surface area contributed by atoms with Crippen LogP contribution in [0, 0.1) is 13.8 Å². The molecule has 0 heterocycles. The van der Waals surface area contributed by atoms with Crippen molar-refractivity contribution >= 4 is 6.08 Å².